The Balaban J connectivity index is 2.08. The zero-order chi connectivity index (χ0) is 12.0. The summed E-state index contributed by atoms with van der Waals surface area (Å²) in [6, 6.07) is -0.0424. The summed E-state index contributed by atoms with van der Waals surface area (Å²) in [5.41, 5.74) is 0.373. The number of carbonyl (C=O) groups is 1. The average Bonchev–Trinajstić information content (AvgIpc) is 2.77. The van der Waals surface area contributed by atoms with E-state index in [1.165, 1.54) is 6.42 Å². The van der Waals surface area contributed by atoms with E-state index in [0.717, 1.165) is 32.2 Å². The first-order valence-corrected chi connectivity index (χ1v) is 6.45. The number of carbonyl (C=O) groups excluding carboxylic acids is 1. The van der Waals surface area contributed by atoms with Gasteiger partial charge in [-0.05, 0) is 37.6 Å². The lowest BCUT2D eigenvalue weighted by Gasteiger charge is -2.22. The number of hydrogen-bond acceptors (Lipinski definition) is 3. The van der Waals surface area contributed by atoms with Gasteiger partial charge in [0.15, 0.2) is 0 Å². The van der Waals surface area contributed by atoms with Gasteiger partial charge in [0, 0.05) is 0 Å². The molecule has 1 rings (SSSR count). The fourth-order valence-corrected chi connectivity index (χ4v) is 1.89. The molecule has 0 aromatic rings. The minimum Gasteiger partial charge on any atom is -0.465 e. The second kappa shape index (κ2) is 6.24. The Morgan fingerprint density at radius 2 is 2.25 bits per heavy atom. The highest BCUT2D eigenvalue weighted by Crippen LogP contribution is 2.25. The van der Waals surface area contributed by atoms with Crippen LogP contribution in [0.4, 0.5) is 0 Å². The van der Waals surface area contributed by atoms with Crippen molar-refractivity contribution in [3.8, 4) is 0 Å². The van der Waals surface area contributed by atoms with Crippen molar-refractivity contribution >= 4 is 5.97 Å². The maximum atomic E-state index is 11.6. The summed E-state index contributed by atoms with van der Waals surface area (Å²) in [6.07, 6.45) is 5.28. The summed E-state index contributed by atoms with van der Waals surface area (Å²) in [4.78, 5) is 11.6. The second-order valence-corrected chi connectivity index (χ2v) is 5.44. The normalized spacial score (nSPS) is 21.1. The van der Waals surface area contributed by atoms with Crippen molar-refractivity contribution in [1.82, 2.24) is 5.32 Å². The van der Waals surface area contributed by atoms with Crippen LogP contribution in [-0.4, -0.2) is 25.2 Å². The lowest BCUT2D eigenvalue weighted by atomic mass is 9.85. The Morgan fingerprint density at radius 1 is 1.50 bits per heavy atom. The summed E-state index contributed by atoms with van der Waals surface area (Å²) in [7, 11) is 0. The minimum atomic E-state index is -0.0631. The van der Waals surface area contributed by atoms with Gasteiger partial charge < -0.3 is 10.1 Å². The van der Waals surface area contributed by atoms with Crippen molar-refractivity contribution in [2.45, 2.75) is 58.9 Å². The van der Waals surface area contributed by atoms with Crippen LogP contribution in [0.1, 0.15) is 52.9 Å². The van der Waals surface area contributed by atoms with Crippen LogP contribution in [0, 0.1) is 5.41 Å². The second-order valence-electron chi connectivity index (χ2n) is 5.44. The smallest absolute Gasteiger partial charge is 0.323 e. The molecular weight excluding hydrogens is 202 g/mol. The lowest BCUT2D eigenvalue weighted by molar-refractivity contribution is -0.146. The van der Waals surface area contributed by atoms with E-state index in [-0.39, 0.29) is 12.0 Å². The molecule has 3 nitrogen and oxygen atoms in total. The molecule has 3 heteroatoms. The van der Waals surface area contributed by atoms with Crippen molar-refractivity contribution in [1.29, 1.82) is 0 Å². The number of esters is 1. The molecule has 0 radical (unpaired) electrons. The molecular formula is C13H25NO2. The summed E-state index contributed by atoms with van der Waals surface area (Å²) in [5.74, 6) is -0.0631. The van der Waals surface area contributed by atoms with Gasteiger partial charge in [-0.25, -0.2) is 0 Å². The molecule has 1 aliphatic heterocycles. The lowest BCUT2D eigenvalue weighted by Crippen LogP contribution is -2.32. The molecule has 16 heavy (non-hydrogen) atoms. The monoisotopic (exact) mass is 227 g/mol. The number of rotatable bonds is 6. The van der Waals surface area contributed by atoms with Crippen molar-refractivity contribution in [3.05, 3.63) is 0 Å². The van der Waals surface area contributed by atoms with Gasteiger partial charge >= 0.3 is 5.97 Å². The minimum absolute atomic E-state index is 0.0424. The highest BCUT2D eigenvalue weighted by Gasteiger charge is 2.23. The van der Waals surface area contributed by atoms with Crippen molar-refractivity contribution in [2.75, 3.05) is 13.2 Å². The van der Waals surface area contributed by atoms with Gasteiger partial charge in [0.2, 0.25) is 0 Å². The van der Waals surface area contributed by atoms with E-state index in [2.05, 4.69) is 26.1 Å². The highest BCUT2D eigenvalue weighted by molar-refractivity contribution is 5.76. The van der Waals surface area contributed by atoms with Gasteiger partial charge in [-0.15, -0.1) is 0 Å². The Kier molecular flexibility index (Phi) is 5.26. The van der Waals surface area contributed by atoms with E-state index in [4.69, 9.17) is 4.74 Å². The zero-order valence-electron chi connectivity index (χ0n) is 10.8. The average molecular weight is 227 g/mol. The third kappa shape index (κ3) is 4.52. The van der Waals surface area contributed by atoms with E-state index >= 15 is 0 Å². The Morgan fingerprint density at radius 3 is 2.81 bits per heavy atom. The van der Waals surface area contributed by atoms with Crippen molar-refractivity contribution in [3.63, 3.8) is 0 Å². The van der Waals surface area contributed by atoms with Gasteiger partial charge in [0.25, 0.3) is 0 Å². The molecule has 0 spiro atoms. The van der Waals surface area contributed by atoms with Gasteiger partial charge in [-0.3, -0.25) is 4.79 Å². The molecule has 0 bridgehead atoms. The first-order valence-electron chi connectivity index (χ1n) is 6.45. The van der Waals surface area contributed by atoms with E-state index in [9.17, 15) is 4.79 Å². The summed E-state index contributed by atoms with van der Waals surface area (Å²) >= 11 is 0. The molecule has 0 unspecified atom stereocenters. The van der Waals surface area contributed by atoms with Crippen LogP contribution in [-0.2, 0) is 9.53 Å². The zero-order valence-corrected chi connectivity index (χ0v) is 10.8. The predicted molar refractivity (Wildman–Crippen MR) is 65.3 cm³/mol. The van der Waals surface area contributed by atoms with Gasteiger partial charge in [0.05, 0.1) is 6.61 Å². The number of hydrogen-bond donors (Lipinski definition) is 1. The van der Waals surface area contributed by atoms with Crippen LogP contribution in [0.3, 0.4) is 0 Å². The molecule has 94 valence electrons. The fraction of sp³-hybridized carbons (Fsp3) is 0.923. The molecule has 1 heterocycles. The van der Waals surface area contributed by atoms with Crippen LogP contribution in [0.5, 0.6) is 0 Å². The number of ether oxygens (including phenoxy) is 1. The Labute approximate surface area is 98.9 Å². The Hall–Kier alpha value is -0.570. The molecule has 1 aliphatic rings. The molecule has 1 fully saturated rings. The van der Waals surface area contributed by atoms with Crippen molar-refractivity contribution in [2.24, 2.45) is 5.41 Å². The van der Waals surface area contributed by atoms with Crippen LogP contribution in [0.25, 0.3) is 0 Å². The standard InChI is InChI=1S/C13H25NO2/c1-4-13(2,3)8-6-10-16-12(15)11-7-5-9-14-11/h11,14H,4-10H2,1-3H3/t11-/m0/s1. The first-order chi connectivity index (χ1) is 7.55. The van der Waals surface area contributed by atoms with Gasteiger partial charge in [0.1, 0.15) is 6.04 Å². The molecule has 0 aromatic carbocycles. The van der Waals surface area contributed by atoms with Crippen LogP contribution < -0.4 is 5.32 Å². The largest absolute Gasteiger partial charge is 0.465 e. The van der Waals surface area contributed by atoms with E-state index < -0.39 is 0 Å². The SMILES string of the molecule is CCC(C)(C)CCCOC(=O)[C@@H]1CCCN1. The molecule has 1 N–H and O–H groups in total. The highest BCUT2D eigenvalue weighted by atomic mass is 16.5. The predicted octanol–water partition coefficient (Wildman–Crippen LogP) is 2.50. The van der Waals surface area contributed by atoms with Gasteiger partial charge in [-0.2, -0.15) is 0 Å². The summed E-state index contributed by atoms with van der Waals surface area (Å²) in [5, 5.41) is 3.15. The third-order valence-electron chi connectivity index (χ3n) is 3.54. The molecule has 0 aliphatic carbocycles. The van der Waals surface area contributed by atoms with Crippen LogP contribution in [0.15, 0.2) is 0 Å². The number of nitrogens with one attached hydrogen (secondary N) is 1. The van der Waals surface area contributed by atoms with E-state index in [1.54, 1.807) is 0 Å². The van der Waals surface area contributed by atoms with Crippen LogP contribution >= 0.6 is 0 Å². The Bertz CT molecular complexity index is 220. The maximum Gasteiger partial charge on any atom is 0.323 e. The first kappa shape index (κ1) is 13.5. The molecule has 0 saturated carbocycles. The maximum absolute atomic E-state index is 11.6. The molecule has 0 aromatic heterocycles. The summed E-state index contributed by atoms with van der Waals surface area (Å²) < 4.78 is 5.26. The quantitative estimate of drug-likeness (QED) is 0.559. The molecule has 1 saturated heterocycles. The van der Waals surface area contributed by atoms with E-state index in [1.807, 2.05) is 0 Å². The fourth-order valence-electron chi connectivity index (χ4n) is 1.89. The molecule has 0 amide bonds. The topological polar surface area (TPSA) is 38.3 Å². The van der Waals surface area contributed by atoms with Crippen molar-refractivity contribution < 1.29 is 9.53 Å². The molecule has 1 atom stereocenters. The van der Waals surface area contributed by atoms with Crippen LogP contribution in [0.2, 0.25) is 0 Å². The van der Waals surface area contributed by atoms with Gasteiger partial charge in [-0.1, -0.05) is 27.2 Å². The third-order valence-corrected chi connectivity index (χ3v) is 3.54. The van der Waals surface area contributed by atoms with E-state index in [0.29, 0.717) is 12.0 Å². The summed E-state index contributed by atoms with van der Waals surface area (Å²) in [6.45, 7) is 8.23.